The third-order valence-electron chi connectivity index (χ3n) is 5.24. The van der Waals surface area contributed by atoms with E-state index in [1.54, 1.807) is 48.5 Å². The normalized spacial score (nSPS) is 12.1. The van der Waals surface area contributed by atoms with Crippen LogP contribution in [0.2, 0.25) is 5.02 Å². The minimum Gasteiger partial charge on any atom is -0.497 e. The Labute approximate surface area is 200 Å². The van der Waals surface area contributed by atoms with Crippen LogP contribution in [0.1, 0.15) is 5.56 Å². The number of ether oxygens (including phenoxy) is 1. The van der Waals surface area contributed by atoms with Crippen LogP contribution >= 0.6 is 11.6 Å². The van der Waals surface area contributed by atoms with E-state index in [1.807, 2.05) is 12.1 Å². The fourth-order valence-corrected chi connectivity index (χ4v) is 5.27. The number of nitrogens with zero attached hydrogens (tertiary/aromatic N) is 4. The molecule has 2 aromatic heterocycles. The fraction of sp³-hybridized carbons (Fsp3) is 0.0417. The van der Waals surface area contributed by atoms with E-state index in [1.165, 1.54) is 30.1 Å². The Morgan fingerprint density at radius 1 is 1.00 bits per heavy atom. The zero-order valence-corrected chi connectivity index (χ0v) is 19.5. The van der Waals surface area contributed by atoms with Crippen LogP contribution in [0.15, 0.2) is 87.7 Å². The van der Waals surface area contributed by atoms with E-state index in [0.29, 0.717) is 27.4 Å². The summed E-state index contributed by atoms with van der Waals surface area (Å²) in [6, 6.07) is 20.3. The number of rotatable bonds is 5. The Morgan fingerprint density at radius 2 is 1.71 bits per heavy atom. The highest BCUT2D eigenvalue weighted by molar-refractivity contribution is 7.92. The van der Waals surface area contributed by atoms with E-state index >= 15 is 0 Å². The number of anilines is 1. The number of nitrogens with two attached hydrogens (primary N) is 1. The molecule has 0 aliphatic rings. The second kappa shape index (κ2) is 8.44. The summed E-state index contributed by atoms with van der Waals surface area (Å²) in [5, 5.41) is 4.97. The predicted octanol–water partition coefficient (Wildman–Crippen LogP) is 4.54. The zero-order valence-electron chi connectivity index (χ0n) is 17.9. The number of nitrogen functional groups attached to an aromatic ring is 1. The minimum atomic E-state index is -4.06. The Bertz CT molecular complexity index is 1680. The zero-order chi connectivity index (χ0) is 23.9. The van der Waals surface area contributed by atoms with Crippen molar-refractivity contribution in [2.24, 2.45) is 5.10 Å². The molecular weight excluding hydrogens is 474 g/mol. The first-order chi connectivity index (χ1) is 16.4. The molecule has 3 aromatic carbocycles. The molecule has 0 radical (unpaired) electrons. The van der Waals surface area contributed by atoms with E-state index in [-0.39, 0.29) is 26.8 Å². The van der Waals surface area contributed by atoms with E-state index in [4.69, 9.17) is 22.1 Å². The largest absolute Gasteiger partial charge is 0.497 e. The molecule has 0 fully saturated rings. The molecule has 0 bridgehead atoms. The highest BCUT2D eigenvalue weighted by Crippen LogP contribution is 2.35. The molecule has 34 heavy (non-hydrogen) atoms. The van der Waals surface area contributed by atoms with Gasteiger partial charge in [0.1, 0.15) is 22.0 Å². The van der Waals surface area contributed by atoms with Crippen molar-refractivity contribution in [3.8, 4) is 5.75 Å². The monoisotopic (exact) mass is 491 g/mol. The van der Waals surface area contributed by atoms with Gasteiger partial charge in [0.25, 0.3) is 0 Å². The number of halogens is 1. The predicted molar refractivity (Wildman–Crippen MR) is 132 cm³/mol. The van der Waals surface area contributed by atoms with Crippen LogP contribution in [0.25, 0.3) is 22.2 Å². The molecule has 170 valence electrons. The number of aromatic nitrogens is 3. The van der Waals surface area contributed by atoms with Gasteiger partial charge < -0.3 is 10.5 Å². The third-order valence-corrected chi connectivity index (χ3v) is 7.31. The summed E-state index contributed by atoms with van der Waals surface area (Å²) in [5.41, 5.74) is 8.58. The molecule has 5 rings (SSSR count). The fourth-order valence-electron chi connectivity index (χ4n) is 3.59. The minimum absolute atomic E-state index is 0.0489. The quantitative estimate of drug-likeness (QED) is 0.361. The van der Waals surface area contributed by atoms with Gasteiger partial charge in [0.05, 0.1) is 29.3 Å². The lowest BCUT2D eigenvalue weighted by molar-refractivity contribution is 0.414. The standard InChI is InChI=1S/C24H18ClN5O3S/c1-33-17-9-11-18(12-10-17)34(31,32)22-21-24(29-20-8-3-2-7-19(20)28-21)30(23(22)26)27-14-15-5-4-6-16(25)13-15/h2-14H,26H2,1H3. The summed E-state index contributed by atoms with van der Waals surface area (Å²) >= 11 is 6.07. The van der Waals surface area contributed by atoms with Crippen molar-refractivity contribution in [1.29, 1.82) is 0 Å². The molecule has 0 saturated heterocycles. The van der Waals surface area contributed by atoms with E-state index in [9.17, 15) is 8.42 Å². The van der Waals surface area contributed by atoms with E-state index < -0.39 is 9.84 Å². The highest BCUT2D eigenvalue weighted by atomic mass is 35.5. The molecule has 0 amide bonds. The highest BCUT2D eigenvalue weighted by Gasteiger charge is 2.30. The molecule has 0 spiro atoms. The maximum atomic E-state index is 13.7. The number of fused-ring (bicyclic) bond motifs is 2. The van der Waals surface area contributed by atoms with E-state index in [2.05, 4.69) is 15.1 Å². The molecular formula is C24H18ClN5O3S. The van der Waals surface area contributed by atoms with Crippen LogP contribution < -0.4 is 10.5 Å². The van der Waals surface area contributed by atoms with Gasteiger partial charge in [-0.15, -0.1) is 0 Å². The van der Waals surface area contributed by atoms with Gasteiger partial charge >= 0.3 is 0 Å². The van der Waals surface area contributed by atoms with Crippen molar-refractivity contribution in [1.82, 2.24) is 14.6 Å². The molecule has 10 heteroatoms. The lowest BCUT2D eigenvalue weighted by Gasteiger charge is -2.06. The first kappa shape index (κ1) is 21.9. The smallest absolute Gasteiger partial charge is 0.212 e. The van der Waals surface area contributed by atoms with Crippen LogP contribution in [0, 0.1) is 0 Å². The summed E-state index contributed by atoms with van der Waals surface area (Å²) in [5.74, 6) is 0.436. The first-order valence-corrected chi connectivity index (χ1v) is 12.0. The lowest BCUT2D eigenvalue weighted by atomic mass is 10.2. The molecule has 0 aliphatic heterocycles. The van der Waals surface area contributed by atoms with Crippen LogP contribution in [-0.2, 0) is 9.84 Å². The number of hydrogen-bond acceptors (Lipinski definition) is 7. The van der Waals surface area contributed by atoms with E-state index in [0.717, 1.165) is 0 Å². The molecule has 0 unspecified atom stereocenters. The number of para-hydroxylation sites is 2. The molecule has 0 atom stereocenters. The van der Waals surface area contributed by atoms with Crippen LogP contribution in [-0.4, -0.2) is 36.4 Å². The van der Waals surface area contributed by atoms with Crippen molar-refractivity contribution in [3.05, 3.63) is 83.4 Å². The summed E-state index contributed by atoms with van der Waals surface area (Å²) in [6.07, 6.45) is 1.53. The summed E-state index contributed by atoms with van der Waals surface area (Å²) in [6.45, 7) is 0. The van der Waals surface area contributed by atoms with Gasteiger partial charge in [-0.25, -0.2) is 18.4 Å². The molecule has 5 aromatic rings. The van der Waals surface area contributed by atoms with Crippen LogP contribution in [0.5, 0.6) is 5.75 Å². The summed E-state index contributed by atoms with van der Waals surface area (Å²) < 4.78 is 33.8. The van der Waals surface area contributed by atoms with Crippen molar-refractivity contribution in [3.63, 3.8) is 0 Å². The van der Waals surface area contributed by atoms with Crippen molar-refractivity contribution in [2.45, 2.75) is 9.79 Å². The molecule has 8 nitrogen and oxygen atoms in total. The number of methoxy groups -OCH3 is 1. The average molecular weight is 492 g/mol. The van der Waals surface area contributed by atoms with Gasteiger partial charge in [0.15, 0.2) is 5.65 Å². The molecule has 2 heterocycles. The number of hydrogen-bond donors (Lipinski definition) is 1. The Hall–Kier alpha value is -3.95. The third kappa shape index (κ3) is 3.74. The van der Waals surface area contributed by atoms with Gasteiger partial charge in [-0.3, -0.25) is 0 Å². The maximum Gasteiger partial charge on any atom is 0.212 e. The van der Waals surface area contributed by atoms with Gasteiger partial charge in [-0.05, 0) is 54.1 Å². The van der Waals surface area contributed by atoms with Gasteiger partial charge in [0, 0.05) is 5.02 Å². The SMILES string of the molecule is COc1ccc(S(=O)(=O)c2c(N)n(N=Cc3cccc(Cl)c3)c3nc4ccccc4nc23)cc1. The maximum absolute atomic E-state index is 13.7. The molecule has 0 saturated carbocycles. The van der Waals surface area contributed by atoms with Gasteiger partial charge in [0.2, 0.25) is 9.84 Å². The number of benzene rings is 3. The average Bonchev–Trinajstić information content (AvgIpc) is 3.12. The summed E-state index contributed by atoms with van der Waals surface area (Å²) in [7, 11) is -2.55. The topological polar surface area (TPSA) is 112 Å². The second-order valence-corrected chi connectivity index (χ2v) is 9.71. The molecule has 0 aliphatic carbocycles. The van der Waals surface area contributed by atoms with Crippen molar-refractivity contribution < 1.29 is 13.2 Å². The van der Waals surface area contributed by atoms with Gasteiger partial charge in [-0.1, -0.05) is 35.9 Å². The van der Waals surface area contributed by atoms with Crippen LogP contribution in [0.4, 0.5) is 5.82 Å². The number of sulfone groups is 1. The van der Waals surface area contributed by atoms with Crippen molar-refractivity contribution in [2.75, 3.05) is 12.8 Å². The van der Waals surface area contributed by atoms with Gasteiger partial charge in [-0.2, -0.15) is 9.78 Å². The Morgan fingerprint density at radius 3 is 2.38 bits per heavy atom. The lowest BCUT2D eigenvalue weighted by Crippen LogP contribution is -2.06. The van der Waals surface area contributed by atoms with Crippen molar-refractivity contribution >= 4 is 55.7 Å². The molecule has 2 N–H and O–H groups in total. The summed E-state index contributed by atoms with van der Waals surface area (Å²) in [4.78, 5) is 9.10. The Kier molecular flexibility index (Phi) is 5.43. The second-order valence-electron chi connectivity index (χ2n) is 7.39. The first-order valence-electron chi connectivity index (χ1n) is 10.1. The Balaban J connectivity index is 1.77. The van der Waals surface area contributed by atoms with Crippen LogP contribution in [0.3, 0.4) is 0 Å².